The maximum absolute atomic E-state index is 11.4. The van der Waals surface area contributed by atoms with Crippen molar-refractivity contribution < 1.29 is 4.79 Å². The molecule has 13 heavy (non-hydrogen) atoms. The van der Waals surface area contributed by atoms with Gasteiger partial charge in [-0.3, -0.25) is 15.3 Å². The Balaban J connectivity index is 1.91. The number of hydrogen-bond donors (Lipinski definition) is 2. The van der Waals surface area contributed by atoms with Crippen molar-refractivity contribution in [3.05, 3.63) is 12.2 Å². The minimum Gasteiger partial charge on any atom is -0.282 e. The Bertz CT molecular complexity index is 277. The van der Waals surface area contributed by atoms with Gasteiger partial charge in [-0.1, -0.05) is 0 Å². The molecule has 0 spiro atoms. The van der Waals surface area contributed by atoms with Crippen LogP contribution >= 0.6 is 0 Å². The molecule has 0 aliphatic carbocycles. The largest absolute Gasteiger partial charge is 0.305 e. The summed E-state index contributed by atoms with van der Waals surface area (Å²) in [6, 6.07) is 0. The summed E-state index contributed by atoms with van der Waals surface area (Å²) in [5.41, 5.74) is 2.73. The molecule has 1 fully saturated rings. The molecule has 1 saturated heterocycles. The first kappa shape index (κ1) is 8.18. The highest BCUT2D eigenvalue weighted by molar-refractivity contribution is 5.89. The molecule has 1 aliphatic heterocycles. The molecule has 2 heterocycles. The van der Waals surface area contributed by atoms with Crippen LogP contribution in [-0.2, 0) is 0 Å². The predicted octanol–water partition coefficient (Wildman–Crippen LogP) is -0.455. The van der Waals surface area contributed by atoms with Gasteiger partial charge in [0.15, 0.2) is 0 Å². The van der Waals surface area contributed by atoms with E-state index in [1.807, 2.05) is 5.01 Å². The first-order valence-corrected chi connectivity index (χ1v) is 4.28. The Kier molecular flexibility index (Phi) is 2.22. The van der Waals surface area contributed by atoms with Crippen molar-refractivity contribution in [3.8, 4) is 0 Å². The van der Waals surface area contributed by atoms with E-state index in [0.29, 0.717) is 0 Å². The van der Waals surface area contributed by atoms with Crippen molar-refractivity contribution in [2.24, 2.45) is 0 Å². The Hall–Kier alpha value is -1.43. The number of aromatic amines is 1. The molecule has 0 aromatic carbocycles. The van der Waals surface area contributed by atoms with Crippen LogP contribution in [-0.4, -0.2) is 39.2 Å². The van der Waals surface area contributed by atoms with Gasteiger partial charge in [-0.15, -0.1) is 5.10 Å². The number of H-pyrrole nitrogens is 1. The Morgan fingerprint density at radius 3 is 2.92 bits per heavy atom. The van der Waals surface area contributed by atoms with Gasteiger partial charge in [-0.2, -0.15) is 0 Å². The SMILES string of the molecule is O=C(NN1CCCC1)c1nc[nH]n1. The summed E-state index contributed by atoms with van der Waals surface area (Å²) in [5, 5.41) is 8.07. The Morgan fingerprint density at radius 2 is 2.31 bits per heavy atom. The lowest BCUT2D eigenvalue weighted by molar-refractivity contribution is 0.0815. The molecule has 0 bridgehead atoms. The molecule has 1 aromatic rings. The van der Waals surface area contributed by atoms with E-state index in [2.05, 4.69) is 20.6 Å². The van der Waals surface area contributed by atoms with Crippen molar-refractivity contribution in [1.82, 2.24) is 25.6 Å². The molecule has 1 aliphatic rings. The number of carbonyl (C=O) groups is 1. The van der Waals surface area contributed by atoms with E-state index in [1.165, 1.54) is 6.33 Å². The van der Waals surface area contributed by atoms with Crippen LogP contribution in [0.25, 0.3) is 0 Å². The van der Waals surface area contributed by atoms with Crippen LogP contribution in [0.15, 0.2) is 6.33 Å². The number of carbonyl (C=O) groups excluding carboxylic acids is 1. The van der Waals surface area contributed by atoms with Gasteiger partial charge in [0.25, 0.3) is 0 Å². The van der Waals surface area contributed by atoms with E-state index in [4.69, 9.17) is 0 Å². The predicted molar refractivity (Wildman–Crippen MR) is 44.7 cm³/mol. The summed E-state index contributed by atoms with van der Waals surface area (Å²) in [6.45, 7) is 1.83. The van der Waals surface area contributed by atoms with Gasteiger partial charge in [0.1, 0.15) is 6.33 Å². The zero-order valence-electron chi connectivity index (χ0n) is 7.16. The highest BCUT2D eigenvalue weighted by Gasteiger charge is 2.16. The van der Waals surface area contributed by atoms with Crippen LogP contribution in [0.3, 0.4) is 0 Å². The van der Waals surface area contributed by atoms with Crippen LogP contribution < -0.4 is 5.43 Å². The minimum atomic E-state index is -0.247. The Labute approximate surface area is 75.3 Å². The zero-order chi connectivity index (χ0) is 9.10. The third kappa shape index (κ3) is 1.83. The monoisotopic (exact) mass is 181 g/mol. The van der Waals surface area contributed by atoms with E-state index in [0.717, 1.165) is 25.9 Å². The molecule has 0 atom stereocenters. The van der Waals surface area contributed by atoms with Crippen molar-refractivity contribution in [2.45, 2.75) is 12.8 Å². The number of nitrogens with zero attached hydrogens (tertiary/aromatic N) is 3. The molecule has 70 valence electrons. The second-order valence-corrected chi connectivity index (χ2v) is 2.96. The third-order valence-electron chi connectivity index (χ3n) is 1.98. The number of hydrogen-bond acceptors (Lipinski definition) is 4. The summed E-state index contributed by atoms with van der Waals surface area (Å²) in [7, 11) is 0. The van der Waals surface area contributed by atoms with Crippen molar-refractivity contribution in [1.29, 1.82) is 0 Å². The van der Waals surface area contributed by atoms with Crippen LogP contribution in [0, 0.1) is 0 Å². The first-order chi connectivity index (χ1) is 6.36. The lowest BCUT2D eigenvalue weighted by atomic mass is 10.4. The molecule has 0 unspecified atom stereocenters. The van der Waals surface area contributed by atoms with E-state index in [-0.39, 0.29) is 11.7 Å². The average Bonchev–Trinajstić information content (AvgIpc) is 2.74. The topological polar surface area (TPSA) is 73.9 Å². The summed E-state index contributed by atoms with van der Waals surface area (Å²) in [5.74, 6) is -0.0601. The first-order valence-electron chi connectivity index (χ1n) is 4.28. The highest BCUT2D eigenvalue weighted by Crippen LogP contribution is 2.03. The highest BCUT2D eigenvalue weighted by atomic mass is 16.2. The molecule has 1 aromatic heterocycles. The lowest BCUT2D eigenvalue weighted by Crippen LogP contribution is -2.40. The molecule has 6 nitrogen and oxygen atoms in total. The maximum Gasteiger partial charge on any atom is 0.305 e. The summed E-state index contributed by atoms with van der Waals surface area (Å²) in [6.07, 6.45) is 3.65. The van der Waals surface area contributed by atoms with E-state index >= 15 is 0 Å². The summed E-state index contributed by atoms with van der Waals surface area (Å²) < 4.78 is 0. The molecule has 2 N–H and O–H groups in total. The van der Waals surface area contributed by atoms with Gasteiger partial charge in [0.2, 0.25) is 5.82 Å². The zero-order valence-corrected chi connectivity index (χ0v) is 7.16. The maximum atomic E-state index is 11.4. The normalized spacial score (nSPS) is 17.5. The van der Waals surface area contributed by atoms with Crippen LogP contribution in [0.5, 0.6) is 0 Å². The van der Waals surface area contributed by atoms with Crippen molar-refractivity contribution >= 4 is 5.91 Å². The fraction of sp³-hybridized carbons (Fsp3) is 0.571. The quantitative estimate of drug-likeness (QED) is 0.647. The minimum absolute atomic E-state index is 0.187. The van der Waals surface area contributed by atoms with Crippen molar-refractivity contribution in [2.75, 3.05) is 13.1 Å². The van der Waals surface area contributed by atoms with Gasteiger partial charge in [-0.05, 0) is 12.8 Å². The number of hydrazine groups is 1. The van der Waals surface area contributed by atoms with E-state index in [1.54, 1.807) is 0 Å². The molecule has 2 rings (SSSR count). The average molecular weight is 181 g/mol. The van der Waals surface area contributed by atoms with E-state index < -0.39 is 0 Å². The molecule has 1 amide bonds. The van der Waals surface area contributed by atoms with Gasteiger partial charge >= 0.3 is 5.91 Å². The smallest absolute Gasteiger partial charge is 0.282 e. The summed E-state index contributed by atoms with van der Waals surface area (Å²) in [4.78, 5) is 15.1. The third-order valence-corrected chi connectivity index (χ3v) is 1.98. The standard InChI is InChI=1S/C7H11N5O/c13-7(6-8-5-9-10-6)11-12-3-1-2-4-12/h5H,1-4H2,(H,11,13)(H,8,9,10). The van der Waals surface area contributed by atoms with Crippen LogP contribution in [0.4, 0.5) is 0 Å². The van der Waals surface area contributed by atoms with Gasteiger partial charge in [-0.25, -0.2) is 9.99 Å². The number of amides is 1. The molecular formula is C7H11N5O. The van der Waals surface area contributed by atoms with E-state index in [9.17, 15) is 4.79 Å². The second kappa shape index (κ2) is 3.53. The fourth-order valence-corrected chi connectivity index (χ4v) is 1.34. The molecule has 0 radical (unpaired) electrons. The molecule has 6 heteroatoms. The number of nitrogens with one attached hydrogen (secondary N) is 2. The van der Waals surface area contributed by atoms with Gasteiger partial charge < -0.3 is 0 Å². The van der Waals surface area contributed by atoms with Crippen LogP contribution in [0.1, 0.15) is 23.5 Å². The second-order valence-electron chi connectivity index (χ2n) is 2.96. The lowest BCUT2D eigenvalue weighted by Gasteiger charge is -2.14. The van der Waals surface area contributed by atoms with Crippen molar-refractivity contribution in [3.63, 3.8) is 0 Å². The van der Waals surface area contributed by atoms with Gasteiger partial charge in [0.05, 0.1) is 0 Å². The molecule has 0 saturated carbocycles. The van der Waals surface area contributed by atoms with Gasteiger partial charge in [0, 0.05) is 13.1 Å². The summed E-state index contributed by atoms with van der Waals surface area (Å²) >= 11 is 0. The number of rotatable bonds is 2. The fourth-order valence-electron chi connectivity index (χ4n) is 1.34. The molecular weight excluding hydrogens is 170 g/mol. The number of aromatic nitrogens is 3. The Morgan fingerprint density at radius 1 is 1.54 bits per heavy atom. The van der Waals surface area contributed by atoms with Crippen LogP contribution in [0.2, 0.25) is 0 Å².